The molecule has 1 fully saturated rings. The molecule has 1 amide bonds. The summed E-state index contributed by atoms with van der Waals surface area (Å²) in [5.41, 5.74) is 7.66. The van der Waals surface area contributed by atoms with Crippen molar-refractivity contribution in [1.82, 2.24) is 20.0 Å². The van der Waals surface area contributed by atoms with E-state index in [2.05, 4.69) is 22.2 Å². The number of nitrogen functional groups attached to an aromatic ring is 1. The number of nitrogens with zero attached hydrogens (tertiary/aromatic N) is 3. The molecule has 6 nitrogen and oxygen atoms in total. The summed E-state index contributed by atoms with van der Waals surface area (Å²) in [5, 5.41) is 7.29. The normalized spacial score (nSPS) is 19.4. The van der Waals surface area contributed by atoms with E-state index in [9.17, 15) is 4.79 Å². The van der Waals surface area contributed by atoms with E-state index in [-0.39, 0.29) is 5.91 Å². The van der Waals surface area contributed by atoms with Gasteiger partial charge in [-0.15, -0.1) is 0 Å². The first-order valence-electron chi connectivity index (χ1n) is 7.43. The van der Waals surface area contributed by atoms with Gasteiger partial charge in [-0.1, -0.05) is 6.92 Å². The number of hydrogen-bond acceptors (Lipinski definition) is 4. The van der Waals surface area contributed by atoms with Gasteiger partial charge in [0, 0.05) is 19.1 Å². The van der Waals surface area contributed by atoms with Crippen LogP contribution in [0.2, 0.25) is 0 Å². The molecule has 1 aromatic rings. The molecule has 0 aromatic carbocycles. The second-order valence-electron chi connectivity index (χ2n) is 5.30. The number of likely N-dealkylation sites (N-methyl/N-ethyl adjacent to an activating group) is 1. The van der Waals surface area contributed by atoms with Crippen molar-refractivity contribution in [1.29, 1.82) is 0 Å². The number of carbonyl (C=O) groups excluding carboxylic acids is 1. The van der Waals surface area contributed by atoms with Gasteiger partial charge >= 0.3 is 0 Å². The number of anilines is 1. The number of hydrogen-bond donors (Lipinski definition) is 2. The van der Waals surface area contributed by atoms with Crippen LogP contribution in [0, 0.1) is 6.92 Å². The second-order valence-corrected chi connectivity index (χ2v) is 5.30. The van der Waals surface area contributed by atoms with Crippen LogP contribution in [0.1, 0.15) is 42.9 Å². The van der Waals surface area contributed by atoms with Gasteiger partial charge in [-0.25, -0.2) is 0 Å². The number of likely N-dealkylation sites (tertiary alicyclic amines) is 1. The fourth-order valence-electron chi connectivity index (χ4n) is 2.90. The summed E-state index contributed by atoms with van der Waals surface area (Å²) < 4.78 is 1.67. The summed E-state index contributed by atoms with van der Waals surface area (Å²) in [6, 6.07) is 0.448. The highest BCUT2D eigenvalue weighted by Gasteiger charge is 2.25. The Bertz CT molecular complexity index is 482. The van der Waals surface area contributed by atoms with E-state index in [1.807, 2.05) is 13.8 Å². The summed E-state index contributed by atoms with van der Waals surface area (Å²) in [6.07, 6.45) is 2.36. The van der Waals surface area contributed by atoms with Gasteiger partial charge in [-0.05, 0) is 39.8 Å². The van der Waals surface area contributed by atoms with Crippen molar-refractivity contribution in [3.8, 4) is 0 Å². The minimum absolute atomic E-state index is 0.118. The zero-order valence-corrected chi connectivity index (χ0v) is 12.6. The predicted octanol–water partition coefficient (Wildman–Crippen LogP) is 1.01. The van der Waals surface area contributed by atoms with Crippen LogP contribution >= 0.6 is 0 Å². The van der Waals surface area contributed by atoms with E-state index in [4.69, 9.17) is 5.73 Å². The number of aryl methyl sites for hydroxylation is 2. The topological polar surface area (TPSA) is 76.2 Å². The standard InChI is InChI=1S/C14H25N5O/c1-4-18-8-6-7-11(18)9-16-14(20)13-12(15)10(3)17-19(13)5-2/h11H,4-9,15H2,1-3H3,(H,16,20). The van der Waals surface area contributed by atoms with Crippen LogP contribution < -0.4 is 11.1 Å². The first-order valence-corrected chi connectivity index (χ1v) is 7.43. The molecule has 0 saturated carbocycles. The molecule has 6 heteroatoms. The van der Waals surface area contributed by atoms with Gasteiger partial charge in [0.05, 0.1) is 11.4 Å². The zero-order chi connectivity index (χ0) is 14.7. The Labute approximate surface area is 120 Å². The molecule has 0 spiro atoms. The van der Waals surface area contributed by atoms with Crippen LogP contribution in [0.5, 0.6) is 0 Å². The van der Waals surface area contributed by atoms with Gasteiger partial charge in [0.15, 0.2) is 0 Å². The second kappa shape index (κ2) is 6.26. The molecule has 2 rings (SSSR count). The van der Waals surface area contributed by atoms with E-state index in [1.54, 1.807) is 4.68 Å². The number of amides is 1. The third-order valence-corrected chi connectivity index (χ3v) is 4.09. The van der Waals surface area contributed by atoms with Crippen molar-refractivity contribution in [2.75, 3.05) is 25.4 Å². The van der Waals surface area contributed by atoms with E-state index in [0.29, 0.717) is 36.2 Å². The fraction of sp³-hybridized carbons (Fsp3) is 0.714. The third kappa shape index (κ3) is 2.80. The Morgan fingerprint density at radius 3 is 2.85 bits per heavy atom. The lowest BCUT2D eigenvalue weighted by molar-refractivity contribution is 0.0931. The fourth-order valence-corrected chi connectivity index (χ4v) is 2.90. The molecule has 2 heterocycles. The lowest BCUT2D eigenvalue weighted by Crippen LogP contribution is -2.40. The van der Waals surface area contributed by atoms with Crippen molar-refractivity contribution < 1.29 is 4.79 Å². The van der Waals surface area contributed by atoms with Gasteiger partial charge in [0.2, 0.25) is 0 Å². The smallest absolute Gasteiger partial charge is 0.271 e. The maximum atomic E-state index is 12.3. The minimum Gasteiger partial charge on any atom is -0.395 e. The van der Waals surface area contributed by atoms with Crippen molar-refractivity contribution in [2.45, 2.75) is 46.2 Å². The zero-order valence-electron chi connectivity index (χ0n) is 12.6. The highest BCUT2D eigenvalue weighted by Crippen LogP contribution is 2.18. The Balaban J connectivity index is 2.02. The van der Waals surface area contributed by atoms with E-state index in [1.165, 1.54) is 6.42 Å². The molecule has 1 unspecified atom stereocenters. The predicted molar refractivity (Wildman–Crippen MR) is 79.7 cm³/mol. The summed E-state index contributed by atoms with van der Waals surface area (Å²) in [7, 11) is 0. The number of aromatic nitrogens is 2. The minimum atomic E-state index is -0.118. The molecule has 1 atom stereocenters. The molecule has 20 heavy (non-hydrogen) atoms. The average molecular weight is 279 g/mol. The van der Waals surface area contributed by atoms with E-state index >= 15 is 0 Å². The molecule has 3 N–H and O–H groups in total. The van der Waals surface area contributed by atoms with E-state index in [0.717, 1.165) is 19.5 Å². The third-order valence-electron chi connectivity index (χ3n) is 4.09. The highest BCUT2D eigenvalue weighted by atomic mass is 16.2. The van der Waals surface area contributed by atoms with Crippen LogP contribution in [0.15, 0.2) is 0 Å². The number of nitrogens with one attached hydrogen (secondary N) is 1. The van der Waals surface area contributed by atoms with Crippen molar-refractivity contribution >= 4 is 11.6 Å². The lowest BCUT2D eigenvalue weighted by Gasteiger charge is -2.22. The molecule has 0 bridgehead atoms. The molecule has 0 radical (unpaired) electrons. The van der Waals surface area contributed by atoms with Crippen LogP contribution in [-0.2, 0) is 6.54 Å². The highest BCUT2D eigenvalue weighted by molar-refractivity contribution is 5.98. The molecule has 1 aliphatic heterocycles. The number of carbonyl (C=O) groups is 1. The van der Waals surface area contributed by atoms with Crippen molar-refractivity contribution in [2.24, 2.45) is 0 Å². The van der Waals surface area contributed by atoms with Crippen LogP contribution in [-0.4, -0.2) is 46.3 Å². The summed E-state index contributed by atoms with van der Waals surface area (Å²) in [4.78, 5) is 14.7. The largest absolute Gasteiger partial charge is 0.395 e. The lowest BCUT2D eigenvalue weighted by atomic mass is 10.2. The summed E-state index contributed by atoms with van der Waals surface area (Å²) in [5.74, 6) is -0.118. The van der Waals surface area contributed by atoms with Gasteiger partial charge in [-0.2, -0.15) is 5.10 Å². The van der Waals surface area contributed by atoms with Gasteiger partial charge < -0.3 is 11.1 Å². The van der Waals surface area contributed by atoms with Gasteiger partial charge in [0.1, 0.15) is 5.69 Å². The van der Waals surface area contributed by atoms with E-state index < -0.39 is 0 Å². The van der Waals surface area contributed by atoms with Gasteiger partial charge in [0.25, 0.3) is 5.91 Å². The Morgan fingerprint density at radius 1 is 1.45 bits per heavy atom. The molecular formula is C14H25N5O. The molecule has 1 aromatic heterocycles. The summed E-state index contributed by atoms with van der Waals surface area (Å²) in [6.45, 7) is 9.44. The van der Waals surface area contributed by atoms with Gasteiger partial charge in [-0.3, -0.25) is 14.4 Å². The summed E-state index contributed by atoms with van der Waals surface area (Å²) >= 11 is 0. The maximum absolute atomic E-state index is 12.3. The number of nitrogens with two attached hydrogens (primary N) is 1. The van der Waals surface area contributed by atoms with Crippen LogP contribution in [0.25, 0.3) is 0 Å². The first kappa shape index (κ1) is 14.8. The Kier molecular flexibility index (Phi) is 4.65. The maximum Gasteiger partial charge on any atom is 0.271 e. The van der Waals surface area contributed by atoms with Crippen LogP contribution in [0.4, 0.5) is 5.69 Å². The average Bonchev–Trinajstić information content (AvgIpc) is 3.01. The SMILES string of the molecule is CCN1CCCC1CNC(=O)c1c(N)c(C)nn1CC. The van der Waals surface area contributed by atoms with Crippen molar-refractivity contribution in [3.63, 3.8) is 0 Å². The molecule has 112 valence electrons. The Morgan fingerprint density at radius 2 is 2.20 bits per heavy atom. The first-order chi connectivity index (χ1) is 9.58. The monoisotopic (exact) mass is 279 g/mol. The van der Waals surface area contributed by atoms with Crippen LogP contribution in [0.3, 0.4) is 0 Å². The molecule has 1 aliphatic rings. The molecule has 0 aliphatic carbocycles. The molecular weight excluding hydrogens is 254 g/mol. The molecule has 1 saturated heterocycles. The van der Waals surface area contributed by atoms with Crippen molar-refractivity contribution in [3.05, 3.63) is 11.4 Å². The number of rotatable bonds is 5. The Hall–Kier alpha value is -1.56. The quantitative estimate of drug-likeness (QED) is 0.843.